The molecule has 0 radical (unpaired) electrons. The smallest absolute Gasteiger partial charge is 0.319 e. The lowest BCUT2D eigenvalue weighted by molar-refractivity contribution is 0.131. The molecular weight excluding hydrogens is 629 g/mol. The minimum Gasteiger partial charge on any atom is -0.508 e. The Morgan fingerprint density at radius 2 is 1.85 bits per heavy atom. The number of phenols is 1. The van der Waals surface area contributed by atoms with E-state index in [1.807, 2.05) is 19.1 Å². The first kappa shape index (κ1) is 30.4. The van der Waals surface area contributed by atoms with Gasteiger partial charge in [0.1, 0.15) is 17.1 Å². The monoisotopic (exact) mass is 667 g/mol. The highest BCUT2D eigenvalue weighted by Crippen LogP contribution is 2.48. The maximum absolute atomic E-state index is 17.2. The number of terminal acetylenes is 1. The third-order valence-electron chi connectivity index (χ3n) is 11.4. The van der Waals surface area contributed by atoms with E-state index in [1.165, 1.54) is 6.07 Å². The molecule has 0 spiro atoms. The maximum Gasteiger partial charge on any atom is 0.319 e. The number of phenolic OH excluding ortho intramolecular Hbond substituents is 1. The number of rotatable bonds is 7. The fraction of sp³-hybridized carbons (Fsp3) is 0.474. The first-order chi connectivity index (χ1) is 23.3. The van der Waals surface area contributed by atoms with Crippen molar-refractivity contribution in [3.63, 3.8) is 0 Å². The maximum atomic E-state index is 17.2. The molecular formula is C38H39ClFN5O3. The van der Waals surface area contributed by atoms with Gasteiger partial charge in [-0.25, -0.2) is 4.39 Å². The Morgan fingerprint density at radius 1 is 1.10 bits per heavy atom. The summed E-state index contributed by atoms with van der Waals surface area (Å²) < 4.78 is 29.3. The number of benzene rings is 3. The van der Waals surface area contributed by atoms with Gasteiger partial charge in [0.05, 0.1) is 24.8 Å². The number of likely N-dealkylation sites (tertiary alicyclic amines) is 1. The number of nitrogens with zero attached hydrogens (tertiary/aromatic N) is 4. The largest absolute Gasteiger partial charge is 0.508 e. The molecule has 9 rings (SSSR count). The highest BCUT2D eigenvalue weighted by Gasteiger charge is 2.48. The van der Waals surface area contributed by atoms with Crippen molar-refractivity contribution in [2.24, 2.45) is 17.3 Å². The van der Waals surface area contributed by atoms with Gasteiger partial charge in [0.2, 0.25) is 0 Å². The van der Waals surface area contributed by atoms with Crippen molar-refractivity contribution in [3.8, 4) is 35.2 Å². The van der Waals surface area contributed by atoms with Crippen LogP contribution in [0.25, 0.3) is 32.8 Å². The van der Waals surface area contributed by atoms with Gasteiger partial charge in [-0.15, -0.1) is 6.42 Å². The van der Waals surface area contributed by atoms with E-state index in [0.29, 0.717) is 63.6 Å². The average Bonchev–Trinajstić information content (AvgIpc) is 3.31. The molecule has 4 aliphatic heterocycles. The van der Waals surface area contributed by atoms with Gasteiger partial charge >= 0.3 is 6.01 Å². The van der Waals surface area contributed by atoms with E-state index in [-0.39, 0.29) is 33.3 Å². The van der Waals surface area contributed by atoms with Gasteiger partial charge in [-0.3, -0.25) is 0 Å². The van der Waals surface area contributed by atoms with Gasteiger partial charge in [-0.1, -0.05) is 29.7 Å². The van der Waals surface area contributed by atoms with Crippen LogP contribution >= 0.6 is 11.6 Å². The molecule has 248 valence electrons. The molecule has 10 heteroatoms. The molecule has 1 saturated carbocycles. The molecule has 48 heavy (non-hydrogen) atoms. The van der Waals surface area contributed by atoms with Crippen molar-refractivity contribution in [1.82, 2.24) is 20.2 Å². The second kappa shape index (κ2) is 11.4. The van der Waals surface area contributed by atoms with Gasteiger partial charge in [0, 0.05) is 84.0 Å². The van der Waals surface area contributed by atoms with Crippen LogP contribution in [0.4, 0.5) is 10.2 Å². The van der Waals surface area contributed by atoms with Gasteiger partial charge in [-0.05, 0) is 67.3 Å². The molecule has 4 unspecified atom stereocenters. The van der Waals surface area contributed by atoms with Gasteiger partial charge in [-0.2, -0.15) is 9.97 Å². The summed E-state index contributed by atoms with van der Waals surface area (Å²) in [6.07, 6.45) is 10.3. The van der Waals surface area contributed by atoms with Crippen LogP contribution in [0.5, 0.6) is 11.8 Å². The molecule has 2 bridgehead atoms. The van der Waals surface area contributed by atoms with Crippen LogP contribution in [0.2, 0.25) is 5.02 Å². The number of fused-ring (bicyclic) bond motifs is 5. The zero-order valence-electron chi connectivity index (χ0n) is 27.1. The Hall–Kier alpha value is -3.68. The Labute approximate surface area is 284 Å². The number of halogens is 2. The first-order valence-electron chi connectivity index (χ1n) is 17.1. The summed E-state index contributed by atoms with van der Waals surface area (Å²) >= 11 is 6.99. The Balaban J connectivity index is 1.13. The number of piperazine rings is 1. The van der Waals surface area contributed by atoms with E-state index < -0.39 is 5.82 Å². The number of nitrogens with one attached hydrogen (secondary N) is 1. The Morgan fingerprint density at radius 3 is 2.56 bits per heavy atom. The second-order valence-corrected chi connectivity index (χ2v) is 15.3. The van der Waals surface area contributed by atoms with Crippen LogP contribution in [-0.2, 0) is 4.74 Å². The van der Waals surface area contributed by atoms with E-state index >= 15 is 4.39 Å². The molecule has 4 saturated heterocycles. The van der Waals surface area contributed by atoms with Crippen LogP contribution in [0.3, 0.4) is 0 Å². The summed E-state index contributed by atoms with van der Waals surface area (Å²) in [4.78, 5) is 14.5. The molecule has 3 aromatic carbocycles. The summed E-state index contributed by atoms with van der Waals surface area (Å²) in [6.45, 7) is 8.79. The Bertz CT molecular complexity index is 1990. The zero-order chi connectivity index (χ0) is 32.7. The van der Waals surface area contributed by atoms with E-state index in [1.54, 1.807) is 12.1 Å². The molecule has 5 aliphatic rings. The standard InChI is InChI=1S/C38H39ClFN5O3/c1-3-28-21(2)4-5-22-10-27(46)11-29(32(22)28)33-31(39)12-30-35(34(33)40)42-37(43-36(30)45-15-25-6-7-26(16-45)41-25)48-20-38(8-9-38)19-44-13-23-17-47-18-24(23)14-44/h1,4-5,10-12,23-26,41,46H,6-9,13-20H2,2H3. The normalized spacial score (nSPS) is 25.9. The van der Waals surface area contributed by atoms with Crippen LogP contribution in [0.1, 0.15) is 36.8 Å². The van der Waals surface area contributed by atoms with E-state index in [2.05, 4.69) is 21.0 Å². The summed E-state index contributed by atoms with van der Waals surface area (Å²) in [7, 11) is 0. The third-order valence-corrected chi connectivity index (χ3v) is 11.7. The Kier molecular flexibility index (Phi) is 7.25. The molecule has 1 aliphatic carbocycles. The molecule has 4 aromatic rings. The van der Waals surface area contributed by atoms with Crippen molar-refractivity contribution in [1.29, 1.82) is 0 Å². The van der Waals surface area contributed by atoms with Crippen molar-refractivity contribution < 1.29 is 19.0 Å². The summed E-state index contributed by atoms with van der Waals surface area (Å²) in [6, 6.07) is 9.57. The lowest BCUT2D eigenvalue weighted by Gasteiger charge is -2.34. The number of aromatic nitrogens is 2. The first-order valence-corrected chi connectivity index (χ1v) is 17.5. The number of aryl methyl sites for hydroxylation is 1. The van der Waals surface area contributed by atoms with Crippen molar-refractivity contribution in [2.45, 2.75) is 44.7 Å². The molecule has 5 fully saturated rings. The number of hydrogen-bond donors (Lipinski definition) is 2. The fourth-order valence-corrected chi connectivity index (χ4v) is 9.04. The molecule has 8 nitrogen and oxygen atoms in total. The minimum atomic E-state index is -0.590. The SMILES string of the molecule is C#Cc1c(C)ccc2cc(O)cc(-c3c(Cl)cc4c(N5CC6CCC(C5)N6)nc(OCC5(CN6CC7COCC7C6)CC5)nc4c3F)c12. The molecule has 2 N–H and O–H groups in total. The van der Waals surface area contributed by atoms with Crippen molar-refractivity contribution in [3.05, 3.63) is 52.3 Å². The molecule has 5 heterocycles. The van der Waals surface area contributed by atoms with Crippen molar-refractivity contribution >= 4 is 39.1 Å². The number of anilines is 1. The van der Waals surface area contributed by atoms with Gasteiger partial charge in [0.25, 0.3) is 0 Å². The highest BCUT2D eigenvalue weighted by atomic mass is 35.5. The quantitative estimate of drug-likeness (QED) is 0.235. The van der Waals surface area contributed by atoms with E-state index in [0.717, 1.165) is 77.2 Å². The minimum absolute atomic E-state index is 0.00697. The van der Waals surface area contributed by atoms with Crippen molar-refractivity contribution in [2.75, 3.05) is 57.4 Å². The van der Waals surface area contributed by atoms with Crippen LogP contribution in [0.15, 0.2) is 30.3 Å². The molecule has 4 atom stereocenters. The van der Waals surface area contributed by atoms with Crippen LogP contribution < -0.4 is 15.0 Å². The summed E-state index contributed by atoms with van der Waals surface area (Å²) in [5.74, 6) is 4.09. The topological polar surface area (TPSA) is 83.0 Å². The zero-order valence-corrected chi connectivity index (χ0v) is 27.8. The average molecular weight is 668 g/mol. The lowest BCUT2D eigenvalue weighted by atomic mass is 9.91. The van der Waals surface area contributed by atoms with E-state index in [9.17, 15) is 5.11 Å². The van der Waals surface area contributed by atoms with Gasteiger partial charge < -0.3 is 29.7 Å². The number of aromatic hydroxyl groups is 1. The fourth-order valence-electron chi connectivity index (χ4n) is 8.75. The highest BCUT2D eigenvalue weighted by molar-refractivity contribution is 6.35. The number of ether oxygens (including phenoxy) is 2. The van der Waals surface area contributed by atoms with Crippen LogP contribution in [0, 0.1) is 42.3 Å². The lowest BCUT2D eigenvalue weighted by Crippen LogP contribution is -2.51. The predicted molar refractivity (Wildman–Crippen MR) is 185 cm³/mol. The third kappa shape index (κ3) is 5.16. The predicted octanol–water partition coefficient (Wildman–Crippen LogP) is 5.92. The summed E-state index contributed by atoms with van der Waals surface area (Å²) in [5.41, 5.74) is 2.27. The van der Waals surface area contributed by atoms with Crippen LogP contribution in [-0.4, -0.2) is 84.6 Å². The molecule has 1 aromatic heterocycles. The summed E-state index contributed by atoms with van der Waals surface area (Å²) in [5, 5.41) is 16.5. The van der Waals surface area contributed by atoms with Gasteiger partial charge in [0.15, 0.2) is 5.82 Å². The molecule has 0 amide bonds. The number of hydrogen-bond acceptors (Lipinski definition) is 8. The second-order valence-electron chi connectivity index (χ2n) is 14.8. The van der Waals surface area contributed by atoms with E-state index in [4.69, 9.17) is 37.5 Å².